The summed E-state index contributed by atoms with van der Waals surface area (Å²) in [6, 6.07) is 14.5. The van der Waals surface area contributed by atoms with Gasteiger partial charge >= 0.3 is 0 Å². The van der Waals surface area contributed by atoms with E-state index < -0.39 is 5.60 Å². The molecule has 0 radical (unpaired) electrons. The first-order valence-corrected chi connectivity index (χ1v) is 6.63. The second-order valence-electron chi connectivity index (χ2n) is 5.31. The predicted molar refractivity (Wildman–Crippen MR) is 74.5 cm³/mol. The highest BCUT2D eigenvalue weighted by molar-refractivity contribution is 5.86. The van der Waals surface area contributed by atoms with Crippen molar-refractivity contribution >= 4 is 10.8 Å². The molecule has 0 aromatic heterocycles. The van der Waals surface area contributed by atoms with Crippen molar-refractivity contribution < 1.29 is 5.11 Å². The lowest BCUT2D eigenvalue weighted by atomic mass is 9.76. The van der Waals surface area contributed by atoms with Gasteiger partial charge in [-0.05, 0) is 29.3 Å². The maximum absolute atomic E-state index is 11.1. The Morgan fingerprint density at radius 1 is 1.17 bits per heavy atom. The van der Waals surface area contributed by atoms with Crippen LogP contribution in [0.5, 0.6) is 0 Å². The summed E-state index contributed by atoms with van der Waals surface area (Å²) in [5.41, 5.74) is 0.376. The second-order valence-corrected chi connectivity index (χ2v) is 5.31. The summed E-state index contributed by atoms with van der Waals surface area (Å²) in [5.74, 6) is 0.233. The molecule has 2 N–H and O–H groups in total. The van der Waals surface area contributed by atoms with E-state index in [2.05, 4.69) is 36.5 Å². The minimum absolute atomic E-state index is 0.233. The van der Waals surface area contributed by atoms with Crippen molar-refractivity contribution in [2.45, 2.75) is 18.9 Å². The van der Waals surface area contributed by atoms with Crippen LogP contribution in [0, 0.1) is 5.92 Å². The van der Waals surface area contributed by atoms with E-state index in [0.717, 1.165) is 25.1 Å². The highest BCUT2D eigenvalue weighted by atomic mass is 16.3. The van der Waals surface area contributed by atoms with Crippen molar-refractivity contribution in [1.29, 1.82) is 0 Å². The number of hydrogen-bond donors (Lipinski definition) is 2. The van der Waals surface area contributed by atoms with Crippen LogP contribution < -0.4 is 5.32 Å². The first-order valence-electron chi connectivity index (χ1n) is 6.63. The van der Waals surface area contributed by atoms with Crippen LogP contribution in [0.4, 0.5) is 0 Å². The second kappa shape index (κ2) is 4.38. The molecule has 1 aliphatic rings. The van der Waals surface area contributed by atoms with Gasteiger partial charge < -0.3 is 10.4 Å². The number of nitrogens with one attached hydrogen (secondary N) is 1. The van der Waals surface area contributed by atoms with Gasteiger partial charge in [-0.2, -0.15) is 0 Å². The summed E-state index contributed by atoms with van der Waals surface area (Å²) in [4.78, 5) is 0. The molecular weight excluding hydrogens is 222 g/mol. The molecule has 2 aromatic carbocycles. The Hall–Kier alpha value is -1.38. The molecule has 1 aliphatic heterocycles. The number of aliphatic hydroxyl groups is 1. The quantitative estimate of drug-likeness (QED) is 0.804. The molecule has 1 fully saturated rings. The molecule has 2 nitrogen and oxygen atoms in total. The fourth-order valence-corrected chi connectivity index (χ4v) is 3.02. The Bertz CT molecular complexity index is 561. The molecule has 94 valence electrons. The number of piperidine rings is 1. The summed E-state index contributed by atoms with van der Waals surface area (Å²) < 4.78 is 0. The standard InChI is InChI=1S/C16H19NO/c1-12-11-17-10-9-16(12,18)15-8-4-6-13-5-2-3-7-14(13)15/h2-8,12,17-18H,9-11H2,1H3. The fraction of sp³-hybridized carbons (Fsp3) is 0.375. The van der Waals surface area contributed by atoms with Crippen LogP contribution in [0.1, 0.15) is 18.9 Å². The average Bonchev–Trinajstić information content (AvgIpc) is 2.41. The van der Waals surface area contributed by atoms with Crippen molar-refractivity contribution in [2.24, 2.45) is 5.92 Å². The Morgan fingerprint density at radius 3 is 2.78 bits per heavy atom. The highest BCUT2D eigenvalue weighted by Crippen LogP contribution is 2.38. The summed E-state index contributed by atoms with van der Waals surface area (Å²) in [6.07, 6.45) is 0.780. The largest absolute Gasteiger partial charge is 0.385 e. The zero-order chi connectivity index (χ0) is 12.6. The number of hydrogen-bond acceptors (Lipinski definition) is 2. The molecule has 18 heavy (non-hydrogen) atoms. The van der Waals surface area contributed by atoms with Crippen LogP contribution in [0.3, 0.4) is 0 Å². The molecule has 1 heterocycles. The smallest absolute Gasteiger partial charge is 0.0952 e. The summed E-state index contributed by atoms with van der Waals surface area (Å²) >= 11 is 0. The van der Waals surface area contributed by atoms with Gasteiger partial charge in [-0.3, -0.25) is 0 Å². The van der Waals surface area contributed by atoms with E-state index >= 15 is 0 Å². The Labute approximate surface area is 108 Å². The van der Waals surface area contributed by atoms with Crippen LogP contribution in [-0.2, 0) is 5.60 Å². The van der Waals surface area contributed by atoms with Crippen LogP contribution in [-0.4, -0.2) is 18.2 Å². The van der Waals surface area contributed by atoms with Gasteiger partial charge in [0.2, 0.25) is 0 Å². The molecule has 0 spiro atoms. The van der Waals surface area contributed by atoms with Crippen molar-refractivity contribution in [2.75, 3.05) is 13.1 Å². The van der Waals surface area contributed by atoms with Crippen molar-refractivity contribution in [3.05, 3.63) is 48.0 Å². The van der Waals surface area contributed by atoms with Crippen molar-refractivity contribution in [3.8, 4) is 0 Å². The topological polar surface area (TPSA) is 32.3 Å². The number of benzene rings is 2. The molecule has 0 amide bonds. The third kappa shape index (κ3) is 1.73. The number of fused-ring (bicyclic) bond motifs is 1. The Kier molecular flexibility index (Phi) is 2.84. The third-order valence-electron chi connectivity index (χ3n) is 4.20. The summed E-state index contributed by atoms with van der Waals surface area (Å²) in [7, 11) is 0. The maximum Gasteiger partial charge on any atom is 0.0952 e. The Morgan fingerprint density at radius 2 is 1.94 bits per heavy atom. The Balaban J connectivity index is 2.19. The fourth-order valence-electron chi connectivity index (χ4n) is 3.02. The lowest BCUT2D eigenvalue weighted by Gasteiger charge is -2.39. The van der Waals surface area contributed by atoms with Crippen LogP contribution in [0.2, 0.25) is 0 Å². The van der Waals surface area contributed by atoms with E-state index in [1.165, 1.54) is 10.8 Å². The van der Waals surface area contributed by atoms with Gasteiger partial charge in [-0.25, -0.2) is 0 Å². The summed E-state index contributed by atoms with van der Waals surface area (Å²) in [5, 5.41) is 16.8. The van der Waals surface area contributed by atoms with E-state index in [1.807, 2.05) is 18.2 Å². The molecule has 0 bridgehead atoms. The minimum Gasteiger partial charge on any atom is -0.385 e. The molecule has 0 aliphatic carbocycles. The van der Waals surface area contributed by atoms with Gasteiger partial charge in [-0.1, -0.05) is 49.4 Å². The maximum atomic E-state index is 11.1. The first kappa shape index (κ1) is 11.7. The molecule has 2 heteroatoms. The van der Waals surface area contributed by atoms with Crippen molar-refractivity contribution in [3.63, 3.8) is 0 Å². The molecule has 2 unspecified atom stereocenters. The molecule has 2 atom stereocenters. The normalized spacial score (nSPS) is 28.4. The monoisotopic (exact) mass is 241 g/mol. The van der Waals surface area contributed by atoms with Gasteiger partial charge in [0.1, 0.15) is 0 Å². The zero-order valence-corrected chi connectivity index (χ0v) is 10.7. The SMILES string of the molecule is CC1CNCCC1(O)c1cccc2ccccc12. The van der Waals surface area contributed by atoms with Crippen molar-refractivity contribution in [1.82, 2.24) is 5.32 Å². The van der Waals surface area contributed by atoms with E-state index in [0.29, 0.717) is 0 Å². The van der Waals surface area contributed by atoms with Gasteiger partial charge in [0.25, 0.3) is 0 Å². The first-order chi connectivity index (χ1) is 8.72. The zero-order valence-electron chi connectivity index (χ0n) is 10.7. The number of rotatable bonds is 1. The minimum atomic E-state index is -0.702. The lowest BCUT2D eigenvalue weighted by molar-refractivity contribution is -0.0379. The van der Waals surface area contributed by atoms with E-state index in [4.69, 9.17) is 0 Å². The van der Waals surface area contributed by atoms with Gasteiger partial charge in [0, 0.05) is 12.5 Å². The van der Waals surface area contributed by atoms with E-state index in [-0.39, 0.29) is 5.92 Å². The van der Waals surface area contributed by atoms with Crippen LogP contribution in [0.25, 0.3) is 10.8 Å². The van der Waals surface area contributed by atoms with Crippen LogP contribution in [0.15, 0.2) is 42.5 Å². The molecular formula is C16H19NO. The molecule has 1 saturated heterocycles. The van der Waals surface area contributed by atoms with Gasteiger partial charge in [0.15, 0.2) is 0 Å². The summed E-state index contributed by atoms with van der Waals surface area (Å²) in [6.45, 7) is 3.87. The lowest BCUT2D eigenvalue weighted by Crippen LogP contribution is -2.46. The molecule has 3 rings (SSSR count). The van der Waals surface area contributed by atoms with E-state index in [1.54, 1.807) is 0 Å². The van der Waals surface area contributed by atoms with Gasteiger partial charge in [-0.15, -0.1) is 0 Å². The third-order valence-corrected chi connectivity index (χ3v) is 4.20. The highest BCUT2D eigenvalue weighted by Gasteiger charge is 2.38. The average molecular weight is 241 g/mol. The predicted octanol–water partition coefficient (Wildman–Crippen LogP) is 2.66. The molecule has 2 aromatic rings. The van der Waals surface area contributed by atoms with E-state index in [9.17, 15) is 5.11 Å². The van der Waals surface area contributed by atoms with Crippen LogP contribution >= 0.6 is 0 Å². The van der Waals surface area contributed by atoms with Gasteiger partial charge in [0.05, 0.1) is 5.60 Å². The molecule has 0 saturated carbocycles.